The van der Waals surface area contributed by atoms with Crippen molar-refractivity contribution in [1.82, 2.24) is 24.6 Å². The quantitative estimate of drug-likeness (QED) is 0.435. The van der Waals surface area contributed by atoms with Crippen molar-refractivity contribution in [3.63, 3.8) is 0 Å². The number of rotatable bonds is 7. The lowest BCUT2D eigenvalue weighted by Crippen LogP contribution is -2.27. The van der Waals surface area contributed by atoms with Gasteiger partial charge in [-0.2, -0.15) is 0 Å². The summed E-state index contributed by atoms with van der Waals surface area (Å²) in [5.41, 5.74) is 2.39. The van der Waals surface area contributed by atoms with Crippen molar-refractivity contribution in [2.75, 3.05) is 25.4 Å². The summed E-state index contributed by atoms with van der Waals surface area (Å²) < 4.78 is 20.6. The van der Waals surface area contributed by atoms with Gasteiger partial charge in [0.1, 0.15) is 5.82 Å². The van der Waals surface area contributed by atoms with E-state index in [9.17, 15) is 4.39 Å². The molecule has 2 atom stereocenters. The van der Waals surface area contributed by atoms with E-state index in [1.165, 1.54) is 18.4 Å². The number of likely N-dealkylation sites (tertiary alicyclic amines) is 1. The first-order chi connectivity index (χ1) is 14.1. The maximum absolute atomic E-state index is 13.2. The fourth-order valence-corrected chi connectivity index (χ4v) is 5.43. The second-order valence-electron chi connectivity index (χ2n) is 8.13. The van der Waals surface area contributed by atoms with Crippen molar-refractivity contribution in [1.29, 1.82) is 0 Å². The molecule has 3 aromatic rings. The largest absolute Gasteiger partial charge is 0.440 e. The fraction of sp³-hybridized carbons (Fsp3) is 0.476. The van der Waals surface area contributed by atoms with Crippen LogP contribution in [-0.4, -0.2) is 50.0 Å². The molecular formula is C21H24FN5OS. The Kier molecular flexibility index (Phi) is 4.70. The highest BCUT2D eigenvalue weighted by atomic mass is 32.2. The molecule has 152 valence electrons. The standard InChI is InChI=1S/C21H24FN5OS/c1-14-18(28-13-23-14)19-24-25-20(26(19)2)29-9-3-8-27-11-16-10-21(16,12-27)15-4-6-17(22)7-5-15/h4-7,13,16H,3,8-12H2,1-2H3/t16-,21?/m1/s1. The van der Waals surface area contributed by atoms with Gasteiger partial charge in [0.05, 0.1) is 5.69 Å². The Balaban J connectivity index is 1.13. The number of hydrogen-bond donors (Lipinski definition) is 0. The molecule has 3 heterocycles. The fourth-order valence-electron chi connectivity index (χ4n) is 4.59. The van der Waals surface area contributed by atoms with Crippen LogP contribution in [0.4, 0.5) is 4.39 Å². The lowest BCUT2D eigenvalue weighted by Gasteiger charge is -2.21. The third-order valence-corrected chi connectivity index (χ3v) is 7.38. The average Bonchev–Trinajstić information content (AvgIpc) is 3.02. The minimum Gasteiger partial charge on any atom is -0.440 e. The lowest BCUT2D eigenvalue weighted by atomic mass is 9.95. The Morgan fingerprint density at radius 3 is 2.86 bits per heavy atom. The van der Waals surface area contributed by atoms with E-state index in [-0.39, 0.29) is 11.2 Å². The number of halogens is 1. The predicted molar refractivity (Wildman–Crippen MR) is 109 cm³/mol. The predicted octanol–water partition coefficient (Wildman–Crippen LogP) is 3.67. The molecule has 1 aromatic carbocycles. The topological polar surface area (TPSA) is 60.0 Å². The highest BCUT2D eigenvalue weighted by molar-refractivity contribution is 7.99. The normalized spacial score (nSPS) is 23.5. The SMILES string of the molecule is Cc1ncoc1-c1nnc(SCCCN2C[C@H]3CC3(c3ccc(F)cc3)C2)n1C. The number of hydrogen-bond acceptors (Lipinski definition) is 6. The van der Waals surface area contributed by atoms with Crippen LogP contribution < -0.4 is 0 Å². The van der Waals surface area contributed by atoms with Crippen LogP contribution in [0.1, 0.15) is 24.1 Å². The van der Waals surface area contributed by atoms with Crippen molar-refractivity contribution in [2.45, 2.75) is 30.3 Å². The lowest BCUT2D eigenvalue weighted by molar-refractivity contribution is 0.299. The summed E-state index contributed by atoms with van der Waals surface area (Å²) >= 11 is 1.72. The molecule has 0 amide bonds. The van der Waals surface area contributed by atoms with E-state index in [0.29, 0.717) is 11.6 Å². The van der Waals surface area contributed by atoms with E-state index < -0.39 is 0 Å². The number of oxazole rings is 1. The molecule has 1 saturated heterocycles. The van der Waals surface area contributed by atoms with E-state index in [0.717, 1.165) is 48.6 Å². The summed E-state index contributed by atoms with van der Waals surface area (Å²) in [7, 11) is 1.96. The summed E-state index contributed by atoms with van der Waals surface area (Å²) in [6.07, 6.45) is 3.78. The zero-order chi connectivity index (χ0) is 20.0. The van der Waals surface area contributed by atoms with Gasteiger partial charge >= 0.3 is 0 Å². The Bertz CT molecular complexity index is 1020. The molecule has 6 nitrogen and oxygen atoms in total. The number of aromatic nitrogens is 4. The van der Waals surface area contributed by atoms with Gasteiger partial charge in [-0.25, -0.2) is 9.37 Å². The molecule has 29 heavy (non-hydrogen) atoms. The minimum atomic E-state index is -0.153. The molecule has 1 aliphatic carbocycles. The molecule has 5 rings (SSSR count). The summed E-state index contributed by atoms with van der Waals surface area (Å²) in [6.45, 7) is 5.23. The maximum atomic E-state index is 13.2. The first kappa shape index (κ1) is 18.8. The Morgan fingerprint density at radius 1 is 1.28 bits per heavy atom. The number of piperidine rings is 1. The molecular weight excluding hydrogens is 389 g/mol. The molecule has 1 saturated carbocycles. The number of fused-ring (bicyclic) bond motifs is 1. The number of nitrogens with zero attached hydrogens (tertiary/aromatic N) is 5. The van der Waals surface area contributed by atoms with Crippen molar-refractivity contribution < 1.29 is 8.81 Å². The van der Waals surface area contributed by atoms with E-state index in [1.807, 2.05) is 30.7 Å². The minimum absolute atomic E-state index is 0.153. The van der Waals surface area contributed by atoms with Crippen LogP contribution in [0, 0.1) is 18.7 Å². The van der Waals surface area contributed by atoms with Gasteiger partial charge in [0.15, 0.2) is 17.3 Å². The Labute approximate surface area is 173 Å². The van der Waals surface area contributed by atoms with Gasteiger partial charge in [0.2, 0.25) is 5.82 Å². The number of aryl methyl sites for hydroxylation is 1. The van der Waals surface area contributed by atoms with Gasteiger partial charge in [0, 0.05) is 31.3 Å². The second kappa shape index (κ2) is 7.25. The van der Waals surface area contributed by atoms with E-state index in [4.69, 9.17) is 4.42 Å². The van der Waals surface area contributed by atoms with Gasteiger partial charge in [-0.1, -0.05) is 23.9 Å². The van der Waals surface area contributed by atoms with Gasteiger partial charge in [-0.3, -0.25) is 0 Å². The van der Waals surface area contributed by atoms with Crippen LogP contribution in [0.25, 0.3) is 11.6 Å². The number of thioether (sulfide) groups is 1. The molecule has 1 aliphatic heterocycles. The molecule has 2 fully saturated rings. The van der Waals surface area contributed by atoms with Crippen molar-refractivity contribution in [2.24, 2.45) is 13.0 Å². The molecule has 2 aromatic heterocycles. The van der Waals surface area contributed by atoms with Crippen LogP contribution in [0.2, 0.25) is 0 Å². The maximum Gasteiger partial charge on any atom is 0.202 e. The highest BCUT2D eigenvalue weighted by Gasteiger charge is 2.60. The smallest absolute Gasteiger partial charge is 0.202 e. The molecule has 8 heteroatoms. The molecule has 0 radical (unpaired) electrons. The third-order valence-electron chi connectivity index (χ3n) is 6.27. The monoisotopic (exact) mass is 413 g/mol. The summed E-state index contributed by atoms with van der Waals surface area (Å²) in [4.78, 5) is 6.68. The Morgan fingerprint density at radius 2 is 2.10 bits per heavy atom. The summed E-state index contributed by atoms with van der Waals surface area (Å²) in [5.74, 6) is 2.95. The van der Waals surface area contributed by atoms with Gasteiger partial charge in [-0.05, 0) is 49.9 Å². The molecule has 0 bridgehead atoms. The average molecular weight is 414 g/mol. The first-order valence-electron chi connectivity index (χ1n) is 9.98. The van der Waals surface area contributed by atoms with E-state index in [1.54, 1.807) is 23.9 Å². The van der Waals surface area contributed by atoms with Crippen LogP contribution in [0.3, 0.4) is 0 Å². The number of benzene rings is 1. The summed E-state index contributed by atoms with van der Waals surface area (Å²) in [6, 6.07) is 7.12. The second-order valence-corrected chi connectivity index (χ2v) is 9.20. The van der Waals surface area contributed by atoms with Crippen molar-refractivity contribution in [3.8, 4) is 11.6 Å². The Hall–Kier alpha value is -2.19. The van der Waals surface area contributed by atoms with Crippen LogP contribution in [0.15, 0.2) is 40.2 Å². The first-order valence-corrected chi connectivity index (χ1v) is 11.0. The van der Waals surface area contributed by atoms with E-state index in [2.05, 4.69) is 20.1 Å². The van der Waals surface area contributed by atoms with Crippen molar-refractivity contribution >= 4 is 11.8 Å². The van der Waals surface area contributed by atoms with Gasteiger partial charge < -0.3 is 13.9 Å². The molecule has 0 spiro atoms. The van der Waals surface area contributed by atoms with E-state index >= 15 is 0 Å². The third kappa shape index (κ3) is 3.38. The highest BCUT2D eigenvalue weighted by Crippen LogP contribution is 2.58. The van der Waals surface area contributed by atoms with Crippen molar-refractivity contribution in [3.05, 3.63) is 47.7 Å². The zero-order valence-corrected chi connectivity index (χ0v) is 17.5. The van der Waals surface area contributed by atoms with Gasteiger partial charge in [0.25, 0.3) is 0 Å². The molecule has 1 unspecified atom stereocenters. The summed E-state index contributed by atoms with van der Waals surface area (Å²) in [5, 5.41) is 9.46. The van der Waals surface area contributed by atoms with Crippen LogP contribution in [-0.2, 0) is 12.5 Å². The zero-order valence-electron chi connectivity index (χ0n) is 16.6. The molecule has 2 aliphatic rings. The van der Waals surface area contributed by atoms with Crippen LogP contribution in [0.5, 0.6) is 0 Å². The molecule has 0 N–H and O–H groups in total. The van der Waals surface area contributed by atoms with Gasteiger partial charge in [-0.15, -0.1) is 10.2 Å². The van der Waals surface area contributed by atoms with Crippen LogP contribution >= 0.6 is 11.8 Å².